The summed E-state index contributed by atoms with van der Waals surface area (Å²) in [7, 11) is 0. The van der Waals surface area contributed by atoms with E-state index < -0.39 is 10.9 Å². The molecule has 0 aliphatic heterocycles. The molecular weight excluding hydrogens is 350 g/mol. The van der Waals surface area contributed by atoms with Gasteiger partial charge in [0.1, 0.15) is 10.7 Å². The molecule has 0 saturated heterocycles. The highest BCUT2D eigenvalue weighted by Crippen LogP contribution is 2.32. The maximum Gasteiger partial charge on any atom is 0.354 e. The quantitative estimate of drug-likeness (QED) is 0.663. The zero-order valence-electron chi connectivity index (χ0n) is 9.69. The van der Waals surface area contributed by atoms with Gasteiger partial charge in [0.25, 0.3) is 0 Å². The van der Waals surface area contributed by atoms with Crippen molar-refractivity contribution in [3.05, 3.63) is 50.7 Å². The summed E-state index contributed by atoms with van der Waals surface area (Å²) < 4.78 is 0.767. The number of aromatic nitrogens is 2. The number of carboxylic acid groups (broad SMARTS) is 1. The first-order chi connectivity index (χ1) is 9.47. The Hall–Kier alpha value is -2.00. The molecule has 0 aliphatic carbocycles. The van der Waals surface area contributed by atoms with Crippen molar-refractivity contribution in [2.45, 2.75) is 10.1 Å². The highest BCUT2D eigenvalue weighted by Gasteiger charge is 2.19. The van der Waals surface area contributed by atoms with Crippen LogP contribution in [0.15, 0.2) is 45.0 Å². The lowest BCUT2D eigenvalue weighted by atomic mass is 10.3. The van der Waals surface area contributed by atoms with Crippen molar-refractivity contribution in [1.82, 2.24) is 9.97 Å². The largest absolute Gasteiger partial charge is 0.477 e. The summed E-state index contributed by atoms with van der Waals surface area (Å²) >= 11 is 4.16. The van der Waals surface area contributed by atoms with E-state index in [1.807, 2.05) is 0 Å². The zero-order chi connectivity index (χ0) is 14.7. The summed E-state index contributed by atoms with van der Waals surface area (Å²) in [4.78, 5) is 29.0. The van der Waals surface area contributed by atoms with E-state index in [2.05, 4.69) is 25.9 Å². The second-order valence-electron chi connectivity index (χ2n) is 3.50. The van der Waals surface area contributed by atoms with Crippen molar-refractivity contribution >= 4 is 39.3 Å². The predicted octanol–water partition coefficient (Wildman–Crippen LogP) is 3.00. The van der Waals surface area contributed by atoms with Crippen molar-refractivity contribution in [2.24, 2.45) is 0 Å². The first kappa shape index (κ1) is 14.4. The molecule has 7 nitrogen and oxygen atoms in total. The number of hydrogen-bond donors (Lipinski definition) is 1. The maximum absolute atomic E-state index is 10.9. The molecule has 0 aromatic carbocycles. The number of carbonyl (C=O) groups is 1. The van der Waals surface area contributed by atoms with Crippen molar-refractivity contribution in [1.29, 1.82) is 0 Å². The van der Waals surface area contributed by atoms with Crippen LogP contribution in [0.5, 0.6) is 0 Å². The fourth-order valence-corrected chi connectivity index (χ4v) is 2.35. The van der Waals surface area contributed by atoms with Gasteiger partial charge in [-0.05, 0) is 45.9 Å². The Labute approximate surface area is 125 Å². The summed E-state index contributed by atoms with van der Waals surface area (Å²) in [6, 6.07) is 5.59. The number of nitrogens with zero attached hydrogens (tertiary/aromatic N) is 3. The van der Waals surface area contributed by atoms with Crippen molar-refractivity contribution in [3.8, 4) is 0 Å². The van der Waals surface area contributed by atoms with Gasteiger partial charge in [-0.15, -0.1) is 0 Å². The molecule has 0 saturated carbocycles. The van der Waals surface area contributed by atoms with E-state index >= 15 is 0 Å². The van der Waals surface area contributed by atoms with E-state index in [1.54, 1.807) is 12.1 Å². The number of pyridine rings is 2. The average Bonchev–Trinajstić information content (AvgIpc) is 2.41. The lowest BCUT2D eigenvalue weighted by molar-refractivity contribution is -0.388. The first-order valence-electron chi connectivity index (χ1n) is 5.15. The molecule has 2 aromatic rings. The molecule has 102 valence electrons. The minimum atomic E-state index is -1.24. The van der Waals surface area contributed by atoms with Gasteiger partial charge in [-0.25, -0.2) is 14.8 Å². The average molecular weight is 356 g/mol. The van der Waals surface area contributed by atoms with Gasteiger partial charge in [0, 0.05) is 16.7 Å². The normalized spacial score (nSPS) is 10.2. The molecule has 9 heteroatoms. The van der Waals surface area contributed by atoms with Crippen LogP contribution < -0.4 is 0 Å². The van der Waals surface area contributed by atoms with Crippen LogP contribution in [0.4, 0.5) is 5.69 Å². The standard InChI is InChI=1S/C11H6BrN3O4S/c12-6-1-4-9(13-5-6)20-10-8(15(18)19)3-2-7(14-10)11(16)17/h1-5H,(H,16,17). The molecular formula is C11H6BrN3O4S. The Kier molecular flexibility index (Phi) is 4.30. The van der Waals surface area contributed by atoms with Gasteiger partial charge in [-0.2, -0.15) is 0 Å². The van der Waals surface area contributed by atoms with Crippen LogP contribution in [-0.4, -0.2) is 26.0 Å². The SMILES string of the molecule is O=C(O)c1ccc([N+](=O)[O-])c(Sc2ccc(Br)cn2)n1. The van der Waals surface area contributed by atoms with E-state index in [0.29, 0.717) is 5.03 Å². The van der Waals surface area contributed by atoms with Crippen molar-refractivity contribution < 1.29 is 14.8 Å². The molecule has 0 aliphatic rings. The molecule has 0 unspecified atom stereocenters. The van der Waals surface area contributed by atoms with Crippen molar-refractivity contribution in [2.75, 3.05) is 0 Å². The van der Waals surface area contributed by atoms with E-state index in [0.717, 1.165) is 28.4 Å². The molecule has 0 bridgehead atoms. The summed E-state index contributed by atoms with van der Waals surface area (Å²) in [5.41, 5.74) is -0.514. The molecule has 2 heterocycles. The Balaban J connectivity index is 2.41. The Morgan fingerprint density at radius 1 is 1.35 bits per heavy atom. The maximum atomic E-state index is 10.9. The van der Waals surface area contributed by atoms with E-state index in [1.165, 1.54) is 6.20 Å². The van der Waals surface area contributed by atoms with Crippen molar-refractivity contribution in [3.63, 3.8) is 0 Å². The second-order valence-corrected chi connectivity index (χ2v) is 5.42. The predicted molar refractivity (Wildman–Crippen MR) is 73.9 cm³/mol. The smallest absolute Gasteiger partial charge is 0.354 e. The van der Waals surface area contributed by atoms with Crippen LogP contribution in [0, 0.1) is 10.1 Å². The van der Waals surface area contributed by atoms with Gasteiger partial charge in [0.05, 0.1) is 4.92 Å². The van der Waals surface area contributed by atoms with E-state index in [-0.39, 0.29) is 16.4 Å². The third-order valence-corrected chi connectivity index (χ3v) is 3.57. The highest BCUT2D eigenvalue weighted by atomic mass is 79.9. The lowest BCUT2D eigenvalue weighted by Gasteiger charge is -2.03. The molecule has 0 amide bonds. The molecule has 0 radical (unpaired) electrons. The monoisotopic (exact) mass is 355 g/mol. The number of rotatable bonds is 4. The van der Waals surface area contributed by atoms with Gasteiger partial charge in [-0.3, -0.25) is 10.1 Å². The Morgan fingerprint density at radius 2 is 2.10 bits per heavy atom. The van der Waals surface area contributed by atoms with Crippen LogP contribution in [0.1, 0.15) is 10.5 Å². The third kappa shape index (κ3) is 3.31. The molecule has 0 atom stereocenters. The van der Waals surface area contributed by atoms with E-state index in [9.17, 15) is 14.9 Å². The lowest BCUT2D eigenvalue weighted by Crippen LogP contribution is -2.03. The number of carboxylic acids is 1. The molecule has 20 heavy (non-hydrogen) atoms. The fourth-order valence-electron chi connectivity index (χ4n) is 1.29. The molecule has 2 rings (SSSR count). The van der Waals surface area contributed by atoms with Gasteiger partial charge >= 0.3 is 11.7 Å². The minimum absolute atomic E-state index is 0.00952. The van der Waals surface area contributed by atoms with Crippen LogP contribution in [0.25, 0.3) is 0 Å². The first-order valence-corrected chi connectivity index (χ1v) is 6.76. The van der Waals surface area contributed by atoms with Gasteiger partial charge in [-0.1, -0.05) is 0 Å². The Bertz CT molecular complexity index is 678. The number of halogens is 1. The summed E-state index contributed by atoms with van der Waals surface area (Å²) in [6.07, 6.45) is 1.54. The number of aromatic carboxylic acids is 1. The zero-order valence-corrected chi connectivity index (χ0v) is 12.1. The minimum Gasteiger partial charge on any atom is -0.477 e. The highest BCUT2D eigenvalue weighted by molar-refractivity contribution is 9.10. The third-order valence-electron chi connectivity index (χ3n) is 2.16. The molecule has 0 spiro atoms. The van der Waals surface area contributed by atoms with Gasteiger partial charge < -0.3 is 5.11 Å². The second kappa shape index (κ2) is 5.97. The molecule has 1 N–H and O–H groups in total. The number of hydrogen-bond acceptors (Lipinski definition) is 6. The van der Waals surface area contributed by atoms with Crippen LogP contribution in [-0.2, 0) is 0 Å². The van der Waals surface area contributed by atoms with Gasteiger partial charge in [0.15, 0.2) is 5.03 Å². The summed E-state index contributed by atoms with van der Waals surface area (Å²) in [5.74, 6) is -1.24. The van der Waals surface area contributed by atoms with Crippen LogP contribution >= 0.6 is 27.7 Å². The van der Waals surface area contributed by atoms with E-state index in [4.69, 9.17) is 5.11 Å². The topological polar surface area (TPSA) is 106 Å². The molecule has 2 aromatic heterocycles. The summed E-state index contributed by atoms with van der Waals surface area (Å²) in [6.45, 7) is 0. The fraction of sp³-hybridized carbons (Fsp3) is 0. The molecule has 0 fully saturated rings. The van der Waals surface area contributed by atoms with Crippen LogP contribution in [0.3, 0.4) is 0 Å². The summed E-state index contributed by atoms with van der Waals surface area (Å²) in [5, 5.41) is 20.3. The number of nitro groups is 1. The Morgan fingerprint density at radius 3 is 2.65 bits per heavy atom. The van der Waals surface area contributed by atoms with Gasteiger partial charge in [0.2, 0.25) is 0 Å². The van der Waals surface area contributed by atoms with Crippen LogP contribution in [0.2, 0.25) is 0 Å².